The second kappa shape index (κ2) is 8.66. The van der Waals surface area contributed by atoms with Crippen LogP contribution in [0.25, 0.3) is 0 Å². The van der Waals surface area contributed by atoms with Crippen LogP contribution in [0.1, 0.15) is 48.0 Å². The number of rotatable bonds is 0. The topological polar surface area (TPSA) is 115 Å². The second-order valence-corrected chi connectivity index (χ2v) is 5.86. The molecule has 0 radical (unpaired) electrons. The van der Waals surface area contributed by atoms with Crippen LogP contribution in [0.5, 0.6) is 0 Å². The molecular formula is C11H24O6. The standard InChI is InChI=1S/C9H20.2CH2O3/c1-8(2,3)7-9(4,5)6;2*2-1(3)4/h7H2,1-6H3;2*(H2,2,3,4). The molecule has 17 heavy (non-hydrogen) atoms. The molecule has 0 aromatic rings. The average Bonchev–Trinajstić information content (AvgIpc) is 1.70. The van der Waals surface area contributed by atoms with Crippen molar-refractivity contribution in [3.8, 4) is 0 Å². The molecule has 0 saturated carbocycles. The second-order valence-electron chi connectivity index (χ2n) is 5.86. The van der Waals surface area contributed by atoms with E-state index in [9.17, 15) is 0 Å². The zero-order valence-corrected chi connectivity index (χ0v) is 11.3. The number of hydrogen-bond acceptors (Lipinski definition) is 2. The summed E-state index contributed by atoms with van der Waals surface area (Å²) in [5, 5.41) is 27.9. The summed E-state index contributed by atoms with van der Waals surface area (Å²) in [6.45, 7) is 13.7. The molecule has 0 saturated heterocycles. The van der Waals surface area contributed by atoms with Gasteiger partial charge in [0.2, 0.25) is 0 Å². The fourth-order valence-electron chi connectivity index (χ4n) is 1.59. The van der Waals surface area contributed by atoms with Gasteiger partial charge in [0.15, 0.2) is 0 Å². The van der Waals surface area contributed by atoms with Gasteiger partial charge in [0, 0.05) is 0 Å². The summed E-state index contributed by atoms with van der Waals surface area (Å²) < 4.78 is 0. The fraction of sp³-hybridized carbons (Fsp3) is 0.818. The number of hydrogen-bond donors (Lipinski definition) is 4. The van der Waals surface area contributed by atoms with Gasteiger partial charge in [-0.1, -0.05) is 41.5 Å². The molecule has 4 N–H and O–H groups in total. The van der Waals surface area contributed by atoms with E-state index in [4.69, 9.17) is 30.0 Å². The lowest BCUT2D eigenvalue weighted by molar-refractivity contribution is 0.135. The first-order valence-corrected chi connectivity index (χ1v) is 5.01. The minimum Gasteiger partial charge on any atom is -0.450 e. The molecule has 0 atom stereocenters. The van der Waals surface area contributed by atoms with Crippen LogP contribution in [0.4, 0.5) is 9.59 Å². The Morgan fingerprint density at radius 1 is 0.706 bits per heavy atom. The Bertz CT molecular complexity index is 189. The summed E-state index contributed by atoms with van der Waals surface area (Å²) >= 11 is 0. The van der Waals surface area contributed by atoms with E-state index in [0.717, 1.165) is 0 Å². The predicted octanol–water partition coefficient (Wildman–Crippen LogP) is 3.91. The minimum absolute atomic E-state index is 0.484. The van der Waals surface area contributed by atoms with Crippen molar-refractivity contribution >= 4 is 12.3 Å². The van der Waals surface area contributed by atoms with Crippen molar-refractivity contribution in [3.05, 3.63) is 0 Å². The van der Waals surface area contributed by atoms with Crippen LogP contribution in [-0.4, -0.2) is 32.7 Å². The maximum atomic E-state index is 8.56. The summed E-state index contributed by atoms with van der Waals surface area (Å²) in [6, 6.07) is 0. The Labute approximate surface area is 102 Å². The van der Waals surface area contributed by atoms with Gasteiger partial charge >= 0.3 is 12.3 Å². The predicted molar refractivity (Wildman–Crippen MR) is 64.8 cm³/mol. The summed E-state index contributed by atoms with van der Waals surface area (Å²) in [5.41, 5.74) is 0.969. The molecule has 0 rings (SSSR count). The summed E-state index contributed by atoms with van der Waals surface area (Å²) in [5.74, 6) is 0. The number of carboxylic acid groups (broad SMARTS) is 4. The lowest BCUT2D eigenvalue weighted by Gasteiger charge is -2.28. The Kier molecular flexibility index (Phi) is 10.6. The third-order valence-corrected chi connectivity index (χ3v) is 1.06. The van der Waals surface area contributed by atoms with Crippen LogP contribution in [0.15, 0.2) is 0 Å². The van der Waals surface area contributed by atoms with E-state index in [1.807, 2.05) is 0 Å². The lowest BCUT2D eigenvalue weighted by atomic mass is 9.78. The zero-order chi connectivity index (χ0) is 14.9. The van der Waals surface area contributed by atoms with Gasteiger partial charge in [-0.2, -0.15) is 0 Å². The summed E-state index contributed by atoms with van der Waals surface area (Å²) in [4.78, 5) is 17.1. The largest absolute Gasteiger partial charge is 0.503 e. The molecule has 0 unspecified atom stereocenters. The maximum absolute atomic E-state index is 8.56. The Morgan fingerprint density at radius 3 is 0.824 bits per heavy atom. The van der Waals surface area contributed by atoms with Crippen molar-refractivity contribution in [3.63, 3.8) is 0 Å². The molecule has 0 fully saturated rings. The third-order valence-electron chi connectivity index (χ3n) is 1.06. The van der Waals surface area contributed by atoms with Crippen LogP contribution < -0.4 is 0 Å². The van der Waals surface area contributed by atoms with Crippen LogP contribution >= 0.6 is 0 Å². The zero-order valence-electron chi connectivity index (χ0n) is 11.3. The molecule has 0 aromatic heterocycles. The Balaban J connectivity index is -0.000000205. The average molecular weight is 252 g/mol. The maximum Gasteiger partial charge on any atom is 0.503 e. The highest BCUT2D eigenvalue weighted by molar-refractivity contribution is 5.53. The van der Waals surface area contributed by atoms with E-state index in [1.54, 1.807) is 0 Å². The SMILES string of the molecule is CC(C)(C)CC(C)(C)C.O=C(O)O.O=C(O)O. The van der Waals surface area contributed by atoms with Gasteiger partial charge in [-0.15, -0.1) is 0 Å². The molecule has 104 valence electrons. The van der Waals surface area contributed by atoms with E-state index in [2.05, 4.69) is 41.5 Å². The smallest absolute Gasteiger partial charge is 0.450 e. The fourth-order valence-corrected chi connectivity index (χ4v) is 1.59. The van der Waals surface area contributed by atoms with Crippen molar-refractivity contribution in [1.29, 1.82) is 0 Å². The van der Waals surface area contributed by atoms with Gasteiger partial charge in [-0.25, -0.2) is 9.59 Å². The van der Waals surface area contributed by atoms with Gasteiger partial charge < -0.3 is 20.4 Å². The number of carbonyl (C=O) groups is 2. The molecule has 6 nitrogen and oxygen atoms in total. The quantitative estimate of drug-likeness (QED) is 0.519. The normalized spacial score (nSPS) is 10.2. The third kappa shape index (κ3) is 111. The first-order valence-electron chi connectivity index (χ1n) is 5.01. The van der Waals surface area contributed by atoms with Crippen molar-refractivity contribution in [2.45, 2.75) is 48.0 Å². The van der Waals surface area contributed by atoms with E-state index in [1.165, 1.54) is 6.42 Å². The van der Waals surface area contributed by atoms with Gasteiger partial charge in [0.1, 0.15) is 0 Å². The first kappa shape index (κ1) is 20.9. The monoisotopic (exact) mass is 252 g/mol. The molecule has 0 aliphatic heterocycles. The van der Waals surface area contributed by atoms with E-state index >= 15 is 0 Å². The van der Waals surface area contributed by atoms with Gasteiger partial charge in [-0.3, -0.25) is 0 Å². The molecule has 6 heteroatoms. The van der Waals surface area contributed by atoms with Crippen LogP contribution in [0, 0.1) is 10.8 Å². The molecule has 0 heterocycles. The summed E-state index contributed by atoms with van der Waals surface area (Å²) in [7, 11) is 0. The molecule has 0 spiro atoms. The van der Waals surface area contributed by atoms with E-state index in [0.29, 0.717) is 10.8 Å². The highest BCUT2D eigenvalue weighted by Gasteiger charge is 2.20. The van der Waals surface area contributed by atoms with Gasteiger partial charge in [-0.05, 0) is 17.3 Å². The van der Waals surface area contributed by atoms with Crippen molar-refractivity contribution in [2.24, 2.45) is 10.8 Å². The highest BCUT2D eigenvalue weighted by Crippen LogP contribution is 2.31. The van der Waals surface area contributed by atoms with Crippen LogP contribution in [0.2, 0.25) is 0 Å². The highest BCUT2D eigenvalue weighted by atomic mass is 16.6. The van der Waals surface area contributed by atoms with Crippen molar-refractivity contribution in [1.82, 2.24) is 0 Å². The van der Waals surface area contributed by atoms with Crippen molar-refractivity contribution < 1.29 is 30.0 Å². The van der Waals surface area contributed by atoms with Gasteiger partial charge in [0.25, 0.3) is 0 Å². The molecule has 0 amide bonds. The Morgan fingerprint density at radius 2 is 0.824 bits per heavy atom. The molecule has 0 aliphatic carbocycles. The molecule has 0 aliphatic rings. The molecule has 0 aromatic carbocycles. The summed E-state index contributed by atoms with van der Waals surface area (Å²) in [6.07, 6.45) is -2.38. The molecular weight excluding hydrogens is 228 g/mol. The van der Waals surface area contributed by atoms with Gasteiger partial charge in [0.05, 0.1) is 0 Å². The first-order chi connectivity index (χ1) is 7.17. The molecule has 0 bridgehead atoms. The Hall–Kier alpha value is -1.46. The van der Waals surface area contributed by atoms with E-state index in [-0.39, 0.29) is 0 Å². The van der Waals surface area contributed by atoms with Crippen LogP contribution in [-0.2, 0) is 0 Å². The van der Waals surface area contributed by atoms with Crippen molar-refractivity contribution in [2.75, 3.05) is 0 Å². The lowest BCUT2D eigenvalue weighted by Crippen LogP contribution is -2.16. The van der Waals surface area contributed by atoms with E-state index < -0.39 is 12.3 Å². The van der Waals surface area contributed by atoms with Crippen LogP contribution in [0.3, 0.4) is 0 Å². The minimum atomic E-state index is -1.83.